The van der Waals surface area contributed by atoms with E-state index in [9.17, 15) is 9.59 Å². The average Bonchev–Trinajstić information content (AvgIpc) is 2.65. The molecule has 0 fully saturated rings. The molecular formula is C24H45NO2S. The van der Waals surface area contributed by atoms with Gasteiger partial charge in [0, 0.05) is 24.6 Å². The molecule has 28 heavy (non-hydrogen) atoms. The quantitative estimate of drug-likeness (QED) is 0.201. The van der Waals surface area contributed by atoms with Gasteiger partial charge < -0.3 is 5.32 Å². The van der Waals surface area contributed by atoms with Crippen molar-refractivity contribution >= 4 is 23.5 Å². The van der Waals surface area contributed by atoms with Gasteiger partial charge >= 0.3 is 0 Å². The van der Waals surface area contributed by atoms with Crippen LogP contribution in [0.5, 0.6) is 0 Å². The van der Waals surface area contributed by atoms with Crippen molar-refractivity contribution in [1.82, 2.24) is 5.32 Å². The van der Waals surface area contributed by atoms with Gasteiger partial charge in [0.1, 0.15) is 5.78 Å². The Morgan fingerprint density at radius 3 is 2.04 bits per heavy atom. The van der Waals surface area contributed by atoms with Crippen LogP contribution in [0.3, 0.4) is 0 Å². The molecule has 0 saturated heterocycles. The maximum absolute atomic E-state index is 11.6. The lowest BCUT2D eigenvalue weighted by atomic mass is 9.91. The molecule has 0 rings (SSSR count). The van der Waals surface area contributed by atoms with Crippen LogP contribution in [0.1, 0.15) is 105 Å². The van der Waals surface area contributed by atoms with E-state index in [1.54, 1.807) is 25.6 Å². The molecular weight excluding hydrogens is 366 g/mol. The van der Waals surface area contributed by atoms with Gasteiger partial charge in [0.05, 0.1) is 0 Å². The fourth-order valence-corrected chi connectivity index (χ4v) is 4.68. The van der Waals surface area contributed by atoms with Crippen LogP contribution in [0.4, 0.5) is 0 Å². The van der Waals surface area contributed by atoms with E-state index in [0.29, 0.717) is 12.3 Å². The molecule has 0 heterocycles. The molecule has 3 nitrogen and oxygen atoms in total. The first kappa shape index (κ1) is 27.2. The molecule has 0 aromatic rings. The van der Waals surface area contributed by atoms with E-state index < -0.39 is 0 Å². The van der Waals surface area contributed by atoms with Gasteiger partial charge in [-0.3, -0.25) is 9.59 Å². The number of thioether (sulfide) groups is 1. The lowest BCUT2D eigenvalue weighted by Crippen LogP contribution is -2.42. The average molecular weight is 412 g/mol. The number of Topliss-reactive ketones (excluding diaryl/α,β-unsaturated/α-hetero) is 1. The van der Waals surface area contributed by atoms with Crippen LogP contribution in [-0.4, -0.2) is 29.2 Å². The zero-order valence-corrected chi connectivity index (χ0v) is 19.9. The molecule has 0 aliphatic rings. The lowest BCUT2D eigenvalue weighted by Gasteiger charge is -2.30. The Bertz CT molecular complexity index is 436. The predicted octanol–water partition coefficient (Wildman–Crippen LogP) is 6.71. The molecule has 0 aliphatic heterocycles. The third kappa shape index (κ3) is 15.2. The van der Waals surface area contributed by atoms with E-state index in [1.807, 2.05) is 0 Å². The Morgan fingerprint density at radius 1 is 0.929 bits per heavy atom. The molecule has 1 N–H and O–H groups in total. The molecule has 1 amide bonds. The number of unbranched alkanes of at least 4 members (excludes halogenated alkanes) is 8. The minimum atomic E-state index is 0.0263. The molecule has 0 saturated carbocycles. The van der Waals surface area contributed by atoms with E-state index >= 15 is 0 Å². The second-order valence-corrected chi connectivity index (χ2v) is 9.24. The molecule has 3 unspecified atom stereocenters. The first-order valence-electron chi connectivity index (χ1n) is 11.4. The van der Waals surface area contributed by atoms with E-state index in [4.69, 9.17) is 0 Å². The first-order valence-corrected chi connectivity index (χ1v) is 12.6. The number of nitrogens with one attached hydrogen (secondary N) is 1. The molecule has 0 aliphatic carbocycles. The van der Waals surface area contributed by atoms with Crippen molar-refractivity contribution in [3.63, 3.8) is 0 Å². The normalized spacial score (nSPS) is 14.8. The first-order chi connectivity index (χ1) is 13.4. The Hall–Kier alpha value is -0.770. The number of hydrogen-bond acceptors (Lipinski definition) is 3. The highest BCUT2D eigenvalue weighted by Gasteiger charge is 2.26. The number of hydrogen-bond donors (Lipinski definition) is 1. The number of carbonyl (C=O) groups is 2. The summed E-state index contributed by atoms with van der Waals surface area (Å²) in [5.41, 5.74) is 0. The van der Waals surface area contributed by atoms with Crippen molar-refractivity contribution in [2.75, 3.05) is 6.26 Å². The largest absolute Gasteiger partial charge is 0.353 e. The minimum Gasteiger partial charge on any atom is -0.353 e. The van der Waals surface area contributed by atoms with Crippen molar-refractivity contribution in [2.24, 2.45) is 5.92 Å². The molecule has 3 atom stereocenters. The predicted molar refractivity (Wildman–Crippen MR) is 125 cm³/mol. The number of carbonyl (C=O) groups excluding carboxylic acids is 2. The van der Waals surface area contributed by atoms with Crippen molar-refractivity contribution in [3.05, 3.63) is 12.2 Å². The zero-order chi connectivity index (χ0) is 21.2. The number of amides is 1. The maximum atomic E-state index is 11.6. The van der Waals surface area contributed by atoms with Gasteiger partial charge in [0.15, 0.2) is 0 Å². The highest BCUT2D eigenvalue weighted by molar-refractivity contribution is 7.99. The van der Waals surface area contributed by atoms with Crippen molar-refractivity contribution < 1.29 is 9.59 Å². The summed E-state index contributed by atoms with van der Waals surface area (Å²) in [6.45, 7) is 7.67. The molecule has 0 bridgehead atoms. The number of ketones is 1. The third-order valence-electron chi connectivity index (χ3n) is 5.43. The van der Waals surface area contributed by atoms with Gasteiger partial charge in [-0.1, -0.05) is 64.5 Å². The summed E-state index contributed by atoms with van der Waals surface area (Å²) >= 11 is 1.74. The summed E-state index contributed by atoms with van der Waals surface area (Å²) < 4.78 is 0. The van der Waals surface area contributed by atoms with E-state index in [0.717, 1.165) is 25.7 Å². The Balaban J connectivity index is 4.10. The SMILES string of the molecule is CCCCCCCCC=CCCCCC(NC(C)=O)C(C)C(CC(C)=O)SC. The van der Waals surface area contributed by atoms with Crippen LogP contribution < -0.4 is 5.32 Å². The second-order valence-electron chi connectivity index (χ2n) is 8.16. The van der Waals surface area contributed by atoms with Crippen LogP contribution in [0.25, 0.3) is 0 Å². The number of rotatable bonds is 18. The summed E-state index contributed by atoms with van der Waals surface area (Å²) in [7, 11) is 0. The summed E-state index contributed by atoms with van der Waals surface area (Å²) in [4.78, 5) is 23.1. The van der Waals surface area contributed by atoms with Gasteiger partial charge in [-0.25, -0.2) is 0 Å². The third-order valence-corrected chi connectivity index (χ3v) is 6.63. The van der Waals surface area contributed by atoms with Crippen molar-refractivity contribution in [3.8, 4) is 0 Å². The van der Waals surface area contributed by atoms with E-state index in [1.165, 1.54) is 44.9 Å². The lowest BCUT2D eigenvalue weighted by molar-refractivity contribution is -0.120. The van der Waals surface area contributed by atoms with E-state index in [2.05, 4.69) is 37.6 Å². The summed E-state index contributed by atoms with van der Waals surface area (Å²) in [5, 5.41) is 3.40. The molecule has 164 valence electrons. The number of allylic oxidation sites excluding steroid dienone is 2. The summed E-state index contributed by atoms with van der Waals surface area (Å²) in [6.07, 6.45) is 21.0. The monoisotopic (exact) mass is 411 g/mol. The Morgan fingerprint density at radius 2 is 1.50 bits per heavy atom. The van der Waals surface area contributed by atoms with Crippen LogP contribution in [0.15, 0.2) is 12.2 Å². The second kappa shape index (κ2) is 18.3. The van der Waals surface area contributed by atoms with Gasteiger partial charge in [0.25, 0.3) is 0 Å². The van der Waals surface area contributed by atoms with Gasteiger partial charge in [-0.2, -0.15) is 11.8 Å². The molecule has 0 radical (unpaired) electrons. The van der Waals surface area contributed by atoms with Gasteiger partial charge in [-0.15, -0.1) is 0 Å². The van der Waals surface area contributed by atoms with Crippen LogP contribution in [0.2, 0.25) is 0 Å². The van der Waals surface area contributed by atoms with E-state index in [-0.39, 0.29) is 23.0 Å². The van der Waals surface area contributed by atoms with Crippen LogP contribution >= 0.6 is 11.8 Å². The fraction of sp³-hybridized carbons (Fsp3) is 0.833. The van der Waals surface area contributed by atoms with Crippen molar-refractivity contribution in [1.29, 1.82) is 0 Å². The van der Waals surface area contributed by atoms with Crippen LogP contribution in [0, 0.1) is 5.92 Å². The standard InChI is InChI=1S/C24H45NO2S/c1-6-7-8-9-10-11-12-13-14-15-16-17-18-23(25-22(4)27)21(3)24(28-5)19-20(2)26/h13-14,21,23-24H,6-12,15-19H2,1-5H3,(H,25,27). The molecule has 0 aromatic carbocycles. The smallest absolute Gasteiger partial charge is 0.217 e. The van der Waals surface area contributed by atoms with Gasteiger partial charge in [-0.05, 0) is 51.2 Å². The topological polar surface area (TPSA) is 46.2 Å². The maximum Gasteiger partial charge on any atom is 0.217 e. The highest BCUT2D eigenvalue weighted by Crippen LogP contribution is 2.26. The zero-order valence-electron chi connectivity index (χ0n) is 19.1. The summed E-state index contributed by atoms with van der Waals surface area (Å²) in [5.74, 6) is 0.549. The van der Waals surface area contributed by atoms with Crippen LogP contribution in [-0.2, 0) is 9.59 Å². The Labute approximate surface area is 178 Å². The van der Waals surface area contributed by atoms with Crippen molar-refractivity contribution in [2.45, 2.75) is 116 Å². The van der Waals surface area contributed by atoms with Gasteiger partial charge in [0.2, 0.25) is 5.91 Å². The summed E-state index contributed by atoms with van der Waals surface area (Å²) in [6, 6.07) is 0.154. The Kier molecular flexibility index (Phi) is 17.8. The fourth-order valence-electron chi connectivity index (χ4n) is 3.66. The molecule has 0 spiro atoms. The highest BCUT2D eigenvalue weighted by atomic mass is 32.2. The minimum absolute atomic E-state index is 0.0263. The molecule has 4 heteroatoms. The molecule has 0 aromatic heterocycles.